The molecule has 0 aliphatic heterocycles. The molecule has 0 aliphatic carbocycles. The monoisotopic (exact) mass is 413 g/mol. The van der Waals surface area contributed by atoms with Crippen molar-refractivity contribution in [1.82, 2.24) is 4.57 Å². The summed E-state index contributed by atoms with van der Waals surface area (Å²) >= 11 is 0. The predicted molar refractivity (Wildman–Crippen MR) is 108 cm³/mol. The van der Waals surface area contributed by atoms with Gasteiger partial charge in [-0.3, -0.25) is 19.5 Å². The van der Waals surface area contributed by atoms with Gasteiger partial charge < -0.3 is 14.5 Å². The molecule has 0 unspecified atom stereocenters. The van der Waals surface area contributed by atoms with Crippen molar-refractivity contribution >= 4 is 34.4 Å². The molecule has 1 amide bonds. The quantitative estimate of drug-likeness (QED) is 0.357. The first-order valence-electron chi connectivity index (χ1n) is 9.06. The van der Waals surface area contributed by atoms with Crippen LogP contribution in [-0.4, -0.2) is 28.5 Å². The van der Waals surface area contributed by atoms with Gasteiger partial charge in [-0.25, -0.2) is 9.59 Å². The molecule has 0 aliphatic rings. The van der Waals surface area contributed by atoms with Gasteiger partial charge in [0.2, 0.25) is 5.91 Å². The van der Waals surface area contributed by atoms with Crippen molar-refractivity contribution in [3.05, 3.63) is 68.2 Å². The number of esters is 1. The second-order valence-electron chi connectivity index (χ2n) is 6.60. The number of nitro benzene ring substituents is 1. The Morgan fingerprint density at radius 2 is 2.00 bits per heavy atom. The number of nitro groups is 1. The highest BCUT2D eigenvalue weighted by molar-refractivity contribution is 5.94. The number of amides is 1. The summed E-state index contributed by atoms with van der Waals surface area (Å²) in [6.07, 6.45) is 0.501. The highest BCUT2D eigenvalue weighted by Gasteiger charge is 2.15. The number of nitrogens with zero attached hydrogens (tertiary/aromatic N) is 2. The summed E-state index contributed by atoms with van der Waals surface area (Å²) in [7, 11) is 1.29. The van der Waals surface area contributed by atoms with E-state index in [1.807, 2.05) is 0 Å². The third-order valence-electron chi connectivity index (χ3n) is 4.57. The maximum Gasteiger partial charge on any atom is 0.419 e. The number of rotatable bonds is 7. The van der Waals surface area contributed by atoms with E-state index in [0.29, 0.717) is 28.8 Å². The van der Waals surface area contributed by atoms with E-state index in [0.717, 1.165) is 0 Å². The molecule has 1 aromatic heterocycles. The van der Waals surface area contributed by atoms with E-state index in [1.54, 1.807) is 25.1 Å². The van der Waals surface area contributed by atoms with Gasteiger partial charge in [-0.2, -0.15) is 0 Å². The first-order chi connectivity index (χ1) is 14.3. The predicted octanol–water partition coefficient (Wildman–Crippen LogP) is 3.02. The van der Waals surface area contributed by atoms with Crippen LogP contribution in [0.5, 0.6) is 0 Å². The molecule has 0 atom stereocenters. The highest BCUT2D eigenvalue weighted by atomic mass is 16.6. The SMILES string of the molecule is COC(=O)c1ccc(NC(=O)CCCn2c(=O)oc3cc([N+](=O)[O-])ccc32)c(C)c1. The Balaban J connectivity index is 1.62. The molecule has 1 N–H and O–H groups in total. The van der Waals surface area contributed by atoms with E-state index in [4.69, 9.17) is 4.42 Å². The number of aromatic nitrogens is 1. The van der Waals surface area contributed by atoms with Gasteiger partial charge in [0, 0.05) is 24.7 Å². The van der Waals surface area contributed by atoms with Crippen molar-refractivity contribution < 1.29 is 23.7 Å². The molecule has 156 valence electrons. The molecule has 0 radical (unpaired) electrons. The van der Waals surface area contributed by atoms with Crippen molar-refractivity contribution in [3.63, 3.8) is 0 Å². The Hall–Kier alpha value is -3.95. The van der Waals surface area contributed by atoms with Crippen molar-refractivity contribution in [3.8, 4) is 0 Å². The number of carbonyl (C=O) groups excluding carboxylic acids is 2. The maximum atomic E-state index is 12.2. The first-order valence-corrected chi connectivity index (χ1v) is 9.06. The van der Waals surface area contributed by atoms with E-state index in [2.05, 4.69) is 10.1 Å². The van der Waals surface area contributed by atoms with Crippen molar-refractivity contribution in [2.45, 2.75) is 26.3 Å². The number of non-ortho nitro benzene ring substituents is 1. The van der Waals surface area contributed by atoms with Crippen molar-refractivity contribution in [1.29, 1.82) is 0 Å². The van der Waals surface area contributed by atoms with Crippen LogP contribution >= 0.6 is 0 Å². The molecule has 0 fully saturated rings. The minimum absolute atomic E-state index is 0.125. The van der Waals surface area contributed by atoms with Crippen LogP contribution < -0.4 is 11.1 Å². The average Bonchev–Trinajstić information content (AvgIpc) is 3.03. The van der Waals surface area contributed by atoms with Gasteiger partial charge >= 0.3 is 11.7 Å². The number of anilines is 1. The summed E-state index contributed by atoms with van der Waals surface area (Å²) < 4.78 is 11.1. The van der Waals surface area contributed by atoms with Crippen LogP contribution in [0.25, 0.3) is 11.1 Å². The highest BCUT2D eigenvalue weighted by Crippen LogP contribution is 2.21. The molecule has 2 aromatic carbocycles. The third kappa shape index (κ3) is 4.37. The standard InChI is InChI=1S/C20H19N3O7/c1-12-10-13(19(25)29-2)5-7-15(12)21-18(24)4-3-9-22-16-8-6-14(23(27)28)11-17(16)30-20(22)26/h5-8,10-11H,3-4,9H2,1-2H3,(H,21,24). The largest absolute Gasteiger partial charge is 0.465 e. The van der Waals surface area contributed by atoms with Gasteiger partial charge in [0.1, 0.15) is 0 Å². The zero-order valence-corrected chi connectivity index (χ0v) is 16.3. The summed E-state index contributed by atoms with van der Waals surface area (Å²) in [5, 5.41) is 13.6. The minimum atomic E-state index is -0.639. The molecule has 10 nitrogen and oxygen atoms in total. The van der Waals surface area contributed by atoms with Crippen LogP contribution in [0.4, 0.5) is 11.4 Å². The fraction of sp³-hybridized carbons (Fsp3) is 0.250. The second kappa shape index (κ2) is 8.60. The van der Waals surface area contributed by atoms with Gasteiger partial charge in [-0.15, -0.1) is 0 Å². The molecule has 3 aromatic rings. The number of ether oxygens (including phenoxy) is 1. The zero-order chi connectivity index (χ0) is 21.8. The maximum absolute atomic E-state index is 12.2. The summed E-state index contributed by atoms with van der Waals surface area (Å²) in [6.45, 7) is 1.98. The summed E-state index contributed by atoms with van der Waals surface area (Å²) in [5.41, 5.74) is 2.06. The average molecular weight is 413 g/mol. The molecular weight excluding hydrogens is 394 g/mol. The number of fused-ring (bicyclic) bond motifs is 1. The lowest BCUT2D eigenvalue weighted by molar-refractivity contribution is -0.384. The number of carbonyl (C=O) groups is 2. The number of oxazole rings is 1. The summed E-state index contributed by atoms with van der Waals surface area (Å²) in [6, 6.07) is 8.75. The van der Waals surface area contributed by atoms with Gasteiger partial charge in [0.05, 0.1) is 29.2 Å². The van der Waals surface area contributed by atoms with E-state index in [1.165, 1.54) is 29.9 Å². The fourth-order valence-electron chi connectivity index (χ4n) is 3.04. The van der Waals surface area contributed by atoms with Gasteiger partial charge in [0.15, 0.2) is 5.58 Å². The normalized spacial score (nSPS) is 10.7. The molecule has 10 heteroatoms. The number of hydrogen-bond donors (Lipinski definition) is 1. The molecule has 0 bridgehead atoms. The van der Waals surface area contributed by atoms with Gasteiger partial charge in [0.25, 0.3) is 5.69 Å². The molecule has 1 heterocycles. The van der Waals surface area contributed by atoms with E-state index in [9.17, 15) is 24.5 Å². The Morgan fingerprint density at radius 3 is 2.67 bits per heavy atom. The van der Waals surface area contributed by atoms with Crippen molar-refractivity contribution in [2.24, 2.45) is 0 Å². The Labute approximate surface area is 170 Å². The van der Waals surface area contributed by atoms with E-state index in [-0.39, 0.29) is 30.1 Å². The third-order valence-corrected chi connectivity index (χ3v) is 4.57. The number of hydrogen-bond acceptors (Lipinski definition) is 7. The topological polar surface area (TPSA) is 134 Å². The summed E-state index contributed by atoms with van der Waals surface area (Å²) in [4.78, 5) is 46.1. The number of benzene rings is 2. The van der Waals surface area contributed by atoms with Crippen LogP contribution in [0.3, 0.4) is 0 Å². The number of methoxy groups -OCH3 is 1. The van der Waals surface area contributed by atoms with Crippen molar-refractivity contribution in [2.75, 3.05) is 12.4 Å². The molecule has 3 rings (SSSR count). The van der Waals surface area contributed by atoms with E-state index >= 15 is 0 Å². The lowest BCUT2D eigenvalue weighted by Crippen LogP contribution is -2.17. The first kappa shape index (κ1) is 20.8. The van der Waals surface area contributed by atoms with Crippen LogP contribution in [-0.2, 0) is 16.1 Å². The van der Waals surface area contributed by atoms with Crippen LogP contribution in [0, 0.1) is 17.0 Å². The molecule has 30 heavy (non-hydrogen) atoms. The Bertz CT molecular complexity index is 1190. The lowest BCUT2D eigenvalue weighted by atomic mass is 10.1. The van der Waals surface area contributed by atoms with Crippen LogP contribution in [0.2, 0.25) is 0 Å². The Morgan fingerprint density at radius 1 is 1.23 bits per heavy atom. The van der Waals surface area contributed by atoms with E-state index < -0.39 is 16.6 Å². The fourth-order valence-corrected chi connectivity index (χ4v) is 3.04. The zero-order valence-electron chi connectivity index (χ0n) is 16.3. The number of nitrogens with one attached hydrogen (secondary N) is 1. The van der Waals surface area contributed by atoms with Crippen LogP contribution in [0.15, 0.2) is 45.6 Å². The molecule has 0 saturated heterocycles. The minimum Gasteiger partial charge on any atom is -0.465 e. The summed E-state index contributed by atoms with van der Waals surface area (Å²) in [5.74, 6) is -1.35. The van der Waals surface area contributed by atoms with Gasteiger partial charge in [-0.05, 0) is 43.2 Å². The lowest BCUT2D eigenvalue weighted by Gasteiger charge is -2.10. The number of aryl methyl sites for hydroxylation is 2. The smallest absolute Gasteiger partial charge is 0.419 e. The molecule has 0 spiro atoms. The second-order valence-corrected chi connectivity index (χ2v) is 6.60. The Kier molecular flexibility index (Phi) is 5.95. The molecular formula is C20H19N3O7. The van der Waals surface area contributed by atoms with Crippen LogP contribution in [0.1, 0.15) is 28.8 Å². The molecule has 0 saturated carbocycles. The van der Waals surface area contributed by atoms with Gasteiger partial charge in [-0.1, -0.05) is 0 Å².